The second-order valence-electron chi connectivity index (χ2n) is 7.16. The number of hydrogen-bond acceptors (Lipinski definition) is 6. The molecule has 4 heterocycles. The molecule has 1 amide bonds. The van der Waals surface area contributed by atoms with Gasteiger partial charge in [0, 0.05) is 50.3 Å². The van der Waals surface area contributed by atoms with Gasteiger partial charge >= 0.3 is 0 Å². The fourth-order valence-corrected chi connectivity index (χ4v) is 3.82. The van der Waals surface area contributed by atoms with E-state index in [1.807, 2.05) is 0 Å². The fraction of sp³-hybridized carbons (Fsp3) is 0.350. The van der Waals surface area contributed by atoms with E-state index in [-0.39, 0.29) is 11.9 Å². The number of rotatable bonds is 3. The molecule has 0 aliphatic carbocycles. The maximum absolute atomic E-state index is 12.7. The van der Waals surface area contributed by atoms with E-state index in [0.717, 1.165) is 43.9 Å². The first-order valence-corrected chi connectivity index (χ1v) is 9.58. The second-order valence-corrected chi connectivity index (χ2v) is 7.16. The number of piperazine rings is 1. The van der Waals surface area contributed by atoms with Gasteiger partial charge in [-0.05, 0) is 24.1 Å². The zero-order valence-corrected chi connectivity index (χ0v) is 15.5. The van der Waals surface area contributed by atoms with Crippen LogP contribution in [-0.2, 0) is 6.42 Å². The van der Waals surface area contributed by atoms with E-state index in [0.29, 0.717) is 17.8 Å². The Hall–Kier alpha value is -3.13. The van der Waals surface area contributed by atoms with Gasteiger partial charge in [0.15, 0.2) is 5.65 Å². The van der Waals surface area contributed by atoms with Crippen molar-refractivity contribution in [2.75, 3.05) is 37.7 Å². The summed E-state index contributed by atoms with van der Waals surface area (Å²) in [6.45, 7) is 4.47. The van der Waals surface area contributed by atoms with Crippen molar-refractivity contribution in [3.8, 4) is 5.75 Å². The largest absolute Gasteiger partial charge is 0.491 e. The molecule has 8 heteroatoms. The van der Waals surface area contributed by atoms with Crippen molar-refractivity contribution >= 4 is 17.2 Å². The van der Waals surface area contributed by atoms with Crippen LogP contribution in [0.4, 0.5) is 5.69 Å². The Kier molecular flexibility index (Phi) is 4.32. The van der Waals surface area contributed by atoms with Crippen molar-refractivity contribution in [3.63, 3.8) is 0 Å². The van der Waals surface area contributed by atoms with Crippen LogP contribution >= 0.6 is 0 Å². The number of nitrogens with one attached hydrogen (secondary N) is 2. The van der Waals surface area contributed by atoms with Gasteiger partial charge in [-0.1, -0.05) is 6.07 Å². The highest BCUT2D eigenvalue weighted by Gasteiger charge is 2.24. The number of anilines is 1. The average Bonchev–Trinajstić information content (AvgIpc) is 3.18. The molecule has 0 spiro atoms. The predicted molar refractivity (Wildman–Crippen MR) is 105 cm³/mol. The molecule has 2 aliphatic rings. The van der Waals surface area contributed by atoms with Gasteiger partial charge in [0.1, 0.15) is 17.9 Å². The Morgan fingerprint density at radius 2 is 2.18 bits per heavy atom. The SMILES string of the molecule is O=C(N[C@H]1COc2cc(N3CCNCC3)ccc2C1)c1cnn2cccnc12. The molecule has 2 aliphatic heterocycles. The lowest BCUT2D eigenvalue weighted by Gasteiger charge is -2.31. The van der Waals surface area contributed by atoms with Gasteiger partial charge in [-0.25, -0.2) is 9.50 Å². The zero-order valence-electron chi connectivity index (χ0n) is 15.5. The van der Waals surface area contributed by atoms with Crippen molar-refractivity contribution in [2.24, 2.45) is 0 Å². The summed E-state index contributed by atoms with van der Waals surface area (Å²) in [5.41, 5.74) is 3.34. The summed E-state index contributed by atoms with van der Waals surface area (Å²) in [5.74, 6) is 0.738. The molecule has 1 aromatic carbocycles. The lowest BCUT2D eigenvalue weighted by atomic mass is 10.0. The molecular formula is C20H22N6O2. The smallest absolute Gasteiger partial charge is 0.257 e. The van der Waals surface area contributed by atoms with Crippen LogP contribution in [-0.4, -0.2) is 59.3 Å². The summed E-state index contributed by atoms with van der Waals surface area (Å²) in [6.07, 6.45) is 5.73. The minimum atomic E-state index is -0.178. The van der Waals surface area contributed by atoms with Gasteiger partial charge < -0.3 is 20.3 Å². The first kappa shape index (κ1) is 17.0. The molecule has 0 saturated carbocycles. The van der Waals surface area contributed by atoms with Gasteiger partial charge in [0.25, 0.3) is 5.91 Å². The topological polar surface area (TPSA) is 83.8 Å². The van der Waals surface area contributed by atoms with Gasteiger partial charge in [-0.15, -0.1) is 0 Å². The number of ether oxygens (including phenoxy) is 1. The minimum absolute atomic E-state index is 0.0799. The van der Waals surface area contributed by atoms with E-state index in [1.54, 1.807) is 29.2 Å². The Labute approximate surface area is 162 Å². The molecule has 1 atom stereocenters. The molecule has 2 aromatic heterocycles. The van der Waals surface area contributed by atoms with Crippen molar-refractivity contribution in [2.45, 2.75) is 12.5 Å². The number of carbonyl (C=O) groups is 1. The number of aromatic nitrogens is 3. The van der Waals surface area contributed by atoms with E-state index in [4.69, 9.17) is 4.74 Å². The van der Waals surface area contributed by atoms with E-state index in [9.17, 15) is 4.79 Å². The minimum Gasteiger partial charge on any atom is -0.491 e. The quantitative estimate of drug-likeness (QED) is 0.704. The second kappa shape index (κ2) is 7.12. The Balaban J connectivity index is 1.28. The molecule has 0 unspecified atom stereocenters. The summed E-state index contributed by atoms with van der Waals surface area (Å²) >= 11 is 0. The fourth-order valence-electron chi connectivity index (χ4n) is 3.82. The van der Waals surface area contributed by atoms with Crippen molar-refractivity contribution in [1.29, 1.82) is 0 Å². The highest BCUT2D eigenvalue weighted by atomic mass is 16.5. The molecule has 1 saturated heterocycles. The molecule has 0 radical (unpaired) electrons. The normalized spacial score (nSPS) is 19.1. The zero-order chi connectivity index (χ0) is 18.9. The molecule has 2 N–H and O–H groups in total. The Bertz CT molecular complexity index is 1010. The number of benzene rings is 1. The molecular weight excluding hydrogens is 356 g/mol. The average molecular weight is 378 g/mol. The number of hydrogen-bond donors (Lipinski definition) is 2. The monoisotopic (exact) mass is 378 g/mol. The van der Waals surface area contributed by atoms with Gasteiger partial charge in [-0.2, -0.15) is 5.10 Å². The van der Waals surface area contributed by atoms with Crippen molar-refractivity contribution < 1.29 is 9.53 Å². The number of fused-ring (bicyclic) bond motifs is 2. The van der Waals surface area contributed by atoms with Crippen LogP contribution in [0.3, 0.4) is 0 Å². The van der Waals surface area contributed by atoms with Crippen LogP contribution in [0.2, 0.25) is 0 Å². The maximum atomic E-state index is 12.7. The lowest BCUT2D eigenvalue weighted by molar-refractivity contribution is 0.0917. The number of carbonyl (C=O) groups excluding carboxylic acids is 1. The molecule has 28 heavy (non-hydrogen) atoms. The van der Waals surface area contributed by atoms with E-state index in [2.05, 4.69) is 43.8 Å². The summed E-state index contributed by atoms with van der Waals surface area (Å²) in [7, 11) is 0. The van der Waals surface area contributed by atoms with Gasteiger partial charge in [0.2, 0.25) is 0 Å². The molecule has 144 valence electrons. The van der Waals surface area contributed by atoms with Crippen LogP contribution in [0.5, 0.6) is 5.75 Å². The standard InChI is InChI=1S/C20H22N6O2/c27-20(17-12-23-26-7-1-4-22-19(17)26)24-15-10-14-2-3-16(11-18(14)28-13-15)25-8-5-21-6-9-25/h1-4,7,11-12,15,21H,5-6,8-10,13H2,(H,24,27)/t15-/m1/s1. The van der Waals surface area contributed by atoms with Crippen LogP contribution in [0.1, 0.15) is 15.9 Å². The lowest BCUT2D eigenvalue weighted by Crippen LogP contribution is -2.44. The molecule has 3 aromatic rings. The first-order chi connectivity index (χ1) is 13.8. The third-order valence-electron chi connectivity index (χ3n) is 5.30. The van der Waals surface area contributed by atoms with Crippen molar-refractivity contribution in [3.05, 3.63) is 54.0 Å². The number of nitrogens with zero attached hydrogens (tertiary/aromatic N) is 4. The van der Waals surface area contributed by atoms with Crippen molar-refractivity contribution in [1.82, 2.24) is 25.2 Å². The maximum Gasteiger partial charge on any atom is 0.257 e. The molecule has 8 nitrogen and oxygen atoms in total. The molecule has 5 rings (SSSR count). The van der Waals surface area contributed by atoms with E-state index >= 15 is 0 Å². The van der Waals surface area contributed by atoms with Crippen LogP contribution < -0.4 is 20.3 Å². The van der Waals surface area contributed by atoms with Gasteiger partial charge in [-0.3, -0.25) is 4.79 Å². The first-order valence-electron chi connectivity index (χ1n) is 9.58. The highest BCUT2D eigenvalue weighted by molar-refractivity contribution is 5.99. The summed E-state index contributed by atoms with van der Waals surface area (Å²) in [5, 5.41) is 10.6. The Morgan fingerprint density at radius 1 is 1.29 bits per heavy atom. The molecule has 1 fully saturated rings. The Morgan fingerprint density at radius 3 is 3.07 bits per heavy atom. The predicted octanol–water partition coefficient (Wildman–Crippen LogP) is 0.872. The van der Waals surface area contributed by atoms with Crippen LogP contribution in [0, 0.1) is 0 Å². The number of amides is 1. The third kappa shape index (κ3) is 3.16. The van der Waals surface area contributed by atoms with E-state index in [1.165, 1.54) is 5.69 Å². The highest BCUT2D eigenvalue weighted by Crippen LogP contribution is 2.30. The third-order valence-corrected chi connectivity index (χ3v) is 5.30. The van der Waals surface area contributed by atoms with Crippen LogP contribution in [0.25, 0.3) is 5.65 Å². The van der Waals surface area contributed by atoms with Gasteiger partial charge in [0.05, 0.1) is 12.2 Å². The molecule has 0 bridgehead atoms. The van der Waals surface area contributed by atoms with E-state index < -0.39 is 0 Å². The van der Waals surface area contributed by atoms with Crippen LogP contribution in [0.15, 0.2) is 42.9 Å². The summed E-state index contributed by atoms with van der Waals surface area (Å²) in [4.78, 5) is 19.3. The summed E-state index contributed by atoms with van der Waals surface area (Å²) < 4.78 is 7.58. The summed E-state index contributed by atoms with van der Waals surface area (Å²) in [6, 6.07) is 8.08.